The van der Waals surface area contributed by atoms with Crippen LogP contribution in [-0.2, 0) is 4.79 Å². The zero-order chi connectivity index (χ0) is 20.4. The Morgan fingerprint density at radius 3 is 2.07 bits per heavy atom. The van der Waals surface area contributed by atoms with Gasteiger partial charge < -0.3 is 4.74 Å². The number of carbonyl (C=O) groups excluding carboxylic acids is 1. The lowest BCUT2D eigenvalue weighted by Gasteiger charge is -2.39. The summed E-state index contributed by atoms with van der Waals surface area (Å²) in [4.78, 5) is 22.0. The summed E-state index contributed by atoms with van der Waals surface area (Å²) in [5.41, 5.74) is 0.911. The SMILES string of the molecule is CC(C)[Si](c1ncccn1)(c1c(Br)cccc1OC(=O)C(C)(C)C)C(C)C. The molecule has 0 N–H and O–H groups in total. The van der Waals surface area contributed by atoms with Gasteiger partial charge in [0.2, 0.25) is 0 Å². The van der Waals surface area contributed by atoms with Crippen LogP contribution >= 0.6 is 15.9 Å². The van der Waals surface area contributed by atoms with Gasteiger partial charge in [-0.1, -0.05) is 49.7 Å². The van der Waals surface area contributed by atoms with E-state index in [1.54, 1.807) is 12.4 Å². The standard InChI is InChI=1S/C21H29BrN2O2Si/c1-14(2)27(15(3)4,20-23-12-9-13-24-20)18-16(22)10-8-11-17(18)26-19(25)21(5,6)7/h8-15H,1-7H3. The molecule has 1 aromatic carbocycles. The van der Waals surface area contributed by atoms with Crippen LogP contribution in [0.25, 0.3) is 0 Å². The molecule has 1 aromatic heterocycles. The number of benzene rings is 1. The summed E-state index contributed by atoms with van der Waals surface area (Å²) < 4.78 is 6.88. The average Bonchev–Trinajstić information content (AvgIpc) is 2.57. The smallest absolute Gasteiger partial charge is 0.316 e. The monoisotopic (exact) mass is 448 g/mol. The maximum Gasteiger partial charge on any atom is 0.316 e. The molecule has 0 saturated heterocycles. The van der Waals surface area contributed by atoms with Crippen molar-refractivity contribution in [2.24, 2.45) is 5.41 Å². The van der Waals surface area contributed by atoms with Gasteiger partial charge in [0, 0.05) is 22.1 Å². The first-order valence-electron chi connectivity index (χ1n) is 9.31. The number of carbonyl (C=O) groups is 1. The highest BCUT2D eigenvalue weighted by molar-refractivity contribution is 9.10. The molecule has 0 bridgehead atoms. The van der Waals surface area contributed by atoms with Gasteiger partial charge >= 0.3 is 5.97 Å². The first-order chi connectivity index (χ1) is 12.5. The first-order valence-corrected chi connectivity index (χ1v) is 12.3. The third kappa shape index (κ3) is 4.16. The number of hydrogen-bond donors (Lipinski definition) is 0. The highest BCUT2D eigenvalue weighted by atomic mass is 79.9. The van der Waals surface area contributed by atoms with E-state index in [-0.39, 0.29) is 5.97 Å². The number of ether oxygens (including phenoxy) is 1. The van der Waals surface area contributed by atoms with Crippen LogP contribution in [0.4, 0.5) is 0 Å². The van der Waals surface area contributed by atoms with Gasteiger partial charge in [-0.25, -0.2) is 9.97 Å². The minimum absolute atomic E-state index is 0.244. The van der Waals surface area contributed by atoms with Crippen molar-refractivity contribution in [2.75, 3.05) is 0 Å². The van der Waals surface area contributed by atoms with Crippen LogP contribution in [0, 0.1) is 5.41 Å². The highest BCUT2D eigenvalue weighted by Gasteiger charge is 2.49. The lowest BCUT2D eigenvalue weighted by atomic mass is 9.97. The van der Waals surface area contributed by atoms with Gasteiger partial charge in [-0.2, -0.15) is 0 Å². The topological polar surface area (TPSA) is 52.1 Å². The van der Waals surface area contributed by atoms with Crippen LogP contribution in [0.2, 0.25) is 11.1 Å². The second-order valence-electron chi connectivity index (χ2n) is 8.50. The van der Waals surface area contributed by atoms with E-state index in [9.17, 15) is 4.79 Å². The number of aromatic nitrogens is 2. The molecule has 146 valence electrons. The van der Waals surface area contributed by atoms with Crippen molar-refractivity contribution in [1.82, 2.24) is 9.97 Å². The summed E-state index contributed by atoms with van der Waals surface area (Å²) in [5.74, 6) is 0.372. The molecule has 27 heavy (non-hydrogen) atoms. The highest BCUT2D eigenvalue weighted by Crippen LogP contribution is 2.36. The van der Waals surface area contributed by atoms with E-state index in [0.29, 0.717) is 16.8 Å². The number of esters is 1. The predicted octanol–water partition coefficient (Wildman–Crippen LogP) is 4.57. The molecule has 0 radical (unpaired) electrons. The van der Waals surface area contributed by atoms with E-state index >= 15 is 0 Å². The van der Waals surface area contributed by atoms with Gasteiger partial charge in [0.25, 0.3) is 0 Å². The Bertz CT molecular complexity index is 794. The number of nitrogens with zero attached hydrogens (tertiary/aromatic N) is 2. The number of hydrogen-bond acceptors (Lipinski definition) is 4. The van der Waals surface area contributed by atoms with Crippen LogP contribution < -0.4 is 15.4 Å². The largest absolute Gasteiger partial charge is 0.426 e. The number of halogens is 1. The molecule has 0 fully saturated rings. The Hall–Kier alpha value is -1.53. The molecule has 0 saturated carbocycles. The van der Waals surface area contributed by atoms with E-state index in [1.165, 1.54) is 0 Å². The van der Waals surface area contributed by atoms with Crippen molar-refractivity contribution in [3.8, 4) is 5.75 Å². The first kappa shape index (κ1) is 21.8. The van der Waals surface area contributed by atoms with E-state index < -0.39 is 13.5 Å². The van der Waals surface area contributed by atoms with Crippen molar-refractivity contribution in [3.05, 3.63) is 41.1 Å². The minimum Gasteiger partial charge on any atom is -0.426 e. The third-order valence-electron chi connectivity index (χ3n) is 4.96. The summed E-state index contributed by atoms with van der Waals surface area (Å²) >= 11 is 3.75. The molecule has 0 atom stereocenters. The Morgan fingerprint density at radius 1 is 1.04 bits per heavy atom. The molecular formula is C21H29BrN2O2Si. The Morgan fingerprint density at radius 2 is 1.59 bits per heavy atom. The van der Waals surface area contributed by atoms with Crippen LogP contribution in [0.15, 0.2) is 41.1 Å². The zero-order valence-corrected chi connectivity index (χ0v) is 19.8. The molecule has 0 amide bonds. The third-order valence-corrected chi connectivity index (χ3v) is 12.0. The summed E-state index contributed by atoms with van der Waals surface area (Å²) in [5, 5.41) is 1.05. The van der Waals surface area contributed by atoms with Crippen LogP contribution in [-0.4, -0.2) is 24.0 Å². The lowest BCUT2D eigenvalue weighted by Crippen LogP contribution is -2.65. The quantitative estimate of drug-likeness (QED) is 0.381. The molecule has 0 aliphatic rings. The normalized spacial score (nSPS) is 12.5. The fourth-order valence-electron chi connectivity index (χ4n) is 3.63. The minimum atomic E-state index is -2.46. The zero-order valence-electron chi connectivity index (χ0n) is 17.2. The fraction of sp³-hybridized carbons (Fsp3) is 0.476. The molecule has 4 nitrogen and oxygen atoms in total. The van der Waals surface area contributed by atoms with Crippen molar-refractivity contribution < 1.29 is 9.53 Å². The molecule has 0 spiro atoms. The second-order valence-corrected chi connectivity index (χ2v) is 14.4. The van der Waals surface area contributed by atoms with Gasteiger partial charge in [-0.15, -0.1) is 0 Å². The maximum atomic E-state index is 12.6. The van der Waals surface area contributed by atoms with E-state index in [0.717, 1.165) is 15.1 Å². The summed E-state index contributed by atoms with van der Waals surface area (Å²) in [6.07, 6.45) is 3.60. The van der Waals surface area contributed by atoms with E-state index in [4.69, 9.17) is 4.74 Å². The summed E-state index contributed by atoms with van der Waals surface area (Å²) in [6, 6.07) is 7.65. The molecule has 6 heteroatoms. The average molecular weight is 449 g/mol. The molecular weight excluding hydrogens is 420 g/mol. The predicted molar refractivity (Wildman–Crippen MR) is 116 cm³/mol. The van der Waals surface area contributed by atoms with Crippen molar-refractivity contribution in [3.63, 3.8) is 0 Å². The van der Waals surface area contributed by atoms with E-state index in [2.05, 4.69) is 53.6 Å². The number of rotatable bonds is 5. The van der Waals surface area contributed by atoms with Gasteiger partial charge in [0.05, 0.1) is 5.41 Å². The molecule has 2 aromatic rings. The summed E-state index contributed by atoms with van der Waals surface area (Å²) in [7, 11) is -2.46. The van der Waals surface area contributed by atoms with Gasteiger partial charge in [0.15, 0.2) is 8.07 Å². The Labute approximate surface area is 171 Å². The molecule has 0 aliphatic heterocycles. The molecule has 0 aliphatic carbocycles. The van der Waals surface area contributed by atoms with Crippen LogP contribution in [0.3, 0.4) is 0 Å². The van der Waals surface area contributed by atoms with Crippen molar-refractivity contribution >= 4 is 40.6 Å². The fourth-order valence-corrected chi connectivity index (χ4v) is 10.3. The van der Waals surface area contributed by atoms with Gasteiger partial charge in [-0.05, 0) is 50.1 Å². The van der Waals surface area contributed by atoms with Gasteiger partial charge in [0.1, 0.15) is 11.2 Å². The molecule has 1 heterocycles. The molecule has 2 rings (SSSR count). The molecule has 0 unspecified atom stereocenters. The van der Waals surface area contributed by atoms with Crippen LogP contribution in [0.5, 0.6) is 5.75 Å². The van der Waals surface area contributed by atoms with Crippen molar-refractivity contribution in [1.29, 1.82) is 0 Å². The summed E-state index contributed by atoms with van der Waals surface area (Å²) in [6.45, 7) is 14.5. The Balaban J connectivity index is 2.79. The Kier molecular flexibility index (Phi) is 6.63. The maximum absolute atomic E-state index is 12.6. The van der Waals surface area contributed by atoms with E-state index in [1.807, 2.05) is 45.0 Å². The van der Waals surface area contributed by atoms with Crippen molar-refractivity contribution in [2.45, 2.75) is 59.5 Å². The second kappa shape index (κ2) is 8.23. The van der Waals surface area contributed by atoms with Crippen LogP contribution in [0.1, 0.15) is 48.5 Å². The van der Waals surface area contributed by atoms with Gasteiger partial charge in [-0.3, -0.25) is 4.79 Å². The lowest BCUT2D eigenvalue weighted by molar-refractivity contribution is -0.142.